The molecule has 1 unspecified atom stereocenters. The minimum atomic E-state index is -3.71. The van der Waals surface area contributed by atoms with Crippen molar-refractivity contribution in [3.63, 3.8) is 0 Å². The fourth-order valence-corrected chi connectivity index (χ4v) is 7.73. The van der Waals surface area contributed by atoms with Gasteiger partial charge in [-0.25, -0.2) is 8.42 Å². The molecule has 3 aromatic rings. The van der Waals surface area contributed by atoms with E-state index in [-0.39, 0.29) is 4.21 Å². The molecule has 4 rings (SSSR count). The molecule has 31 heavy (non-hydrogen) atoms. The maximum absolute atomic E-state index is 13.3. The summed E-state index contributed by atoms with van der Waals surface area (Å²) in [5.74, 6) is -0.408. The number of thiophene rings is 1. The molecule has 1 atom stereocenters. The zero-order valence-corrected chi connectivity index (χ0v) is 19.9. The number of aryl methyl sites for hydroxylation is 1. The topological polar surface area (TPSA) is 81.0 Å². The number of ether oxygens (including phenoxy) is 1. The van der Waals surface area contributed by atoms with Gasteiger partial charge in [-0.3, -0.25) is 4.79 Å². The van der Waals surface area contributed by atoms with Crippen LogP contribution in [0.3, 0.4) is 0 Å². The lowest BCUT2D eigenvalue weighted by Crippen LogP contribution is -2.47. The summed E-state index contributed by atoms with van der Waals surface area (Å²) in [5.41, 5.74) is 2.12. The Morgan fingerprint density at radius 3 is 2.87 bits per heavy atom. The molecular formula is C21H25N3O4S3. The van der Waals surface area contributed by atoms with E-state index < -0.39 is 22.0 Å². The molecule has 166 valence electrons. The minimum absolute atomic E-state index is 0.264. The molecule has 1 aliphatic rings. The molecule has 1 amide bonds. The third kappa shape index (κ3) is 4.54. The molecule has 0 bridgehead atoms. The standard InChI is InChI=1S/C21H25N3O4S3/c1-15-8-9-16-18(14-15)30-21(23(16)11-12-28-2)22-20(25)17-6-3-4-10-24(17)31(26,27)19-7-5-13-29-19/h5,7-9,13-14,17H,3-4,6,10-12H2,1-2H3. The molecule has 10 heteroatoms. The Hall–Kier alpha value is -1.85. The van der Waals surface area contributed by atoms with E-state index in [4.69, 9.17) is 4.74 Å². The second kappa shape index (κ2) is 9.33. The predicted molar refractivity (Wildman–Crippen MR) is 123 cm³/mol. The van der Waals surface area contributed by atoms with Crippen molar-refractivity contribution in [3.05, 3.63) is 46.1 Å². The summed E-state index contributed by atoms with van der Waals surface area (Å²) in [7, 11) is -2.08. The van der Waals surface area contributed by atoms with Crippen molar-refractivity contribution < 1.29 is 17.9 Å². The highest BCUT2D eigenvalue weighted by atomic mass is 32.2. The number of carbonyl (C=O) groups is 1. The molecule has 0 radical (unpaired) electrons. The van der Waals surface area contributed by atoms with Crippen LogP contribution in [0.4, 0.5) is 0 Å². The zero-order chi connectivity index (χ0) is 22.0. The quantitative estimate of drug-likeness (QED) is 0.543. The number of carbonyl (C=O) groups excluding carboxylic acids is 1. The maximum atomic E-state index is 13.3. The molecular weight excluding hydrogens is 454 g/mol. The third-order valence-electron chi connectivity index (χ3n) is 5.36. The number of hydrogen-bond donors (Lipinski definition) is 0. The molecule has 2 aromatic heterocycles. The van der Waals surface area contributed by atoms with E-state index in [1.54, 1.807) is 24.6 Å². The van der Waals surface area contributed by atoms with Gasteiger partial charge in [0.1, 0.15) is 10.3 Å². The van der Waals surface area contributed by atoms with E-state index >= 15 is 0 Å². The van der Waals surface area contributed by atoms with E-state index in [9.17, 15) is 13.2 Å². The first kappa shape index (κ1) is 22.3. The summed E-state index contributed by atoms with van der Waals surface area (Å²) in [6.45, 7) is 3.41. The predicted octanol–water partition coefficient (Wildman–Crippen LogP) is 3.39. The number of methoxy groups -OCH3 is 1. The summed E-state index contributed by atoms with van der Waals surface area (Å²) in [5, 5.41) is 1.73. The molecule has 1 aliphatic heterocycles. The van der Waals surface area contributed by atoms with Crippen LogP contribution in [-0.4, -0.2) is 49.5 Å². The van der Waals surface area contributed by atoms with Crippen molar-refractivity contribution in [3.8, 4) is 0 Å². The highest BCUT2D eigenvalue weighted by Gasteiger charge is 2.38. The smallest absolute Gasteiger partial charge is 0.266 e. The molecule has 0 aliphatic carbocycles. The third-order valence-corrected chi connectivity index (χ3v) is 9.68. The number of piperidine rings is 1. The molecule has 3 heterocycles. The zero-order valence-electron chi connectivity index (χ0n) is 17.5. The van der Waals surface area contributed by atoms with Crippen LogP contribution in [0.1, 0.15) is 24.8 Å². The Kier molecular flexibility index (Phi) is 6.73. The van der Waals surface area contributed by atoms with Gasteiger partial charge in [0.15, 0.2) is 4.80 Å². The Morgan fingerprint density at radius 1 is 1.29 bits per heavy atom. The minimum Gasteiger partial charge on any atom is -0.383 e. The van der Waals surface area contributed by atoms with Gasteiger partial charge in [0, 0.05) is 20.2 Å². The number of sulfonamides is 1. The molecule has 0 spiro atoms. The first-order valence-electron chi connectivity index (χ1n) is 10.1. The lowest BCUT2D eigenvalue weighted by Gasteiger charge is -2.31. The number of thiazole rings is 1. The average Bonchev–Trinajstić information content (AvgIpc) is 3.40. The summed E-state index contributed by atoms with van der Waals surface area (Å²) < 4.78 is 36.1. The molecule has 1 aromatic carbocycles. The van der Waals surface area contributed by atoms with Crippen LogP contribution in [0, 0.1) is 6.92 Å². The van der Waals surface area contributed by atoms with Gasteiger partial charge in [0.05, 0.1) is 16.8 Å². The van der Waals surface area contributed by atoms with Gasteiger partial charge in [0.2, 0.25) is 0 Å². The van der Waals surface area contributed by atoms with E-state index in [0.717, 1.165) is 28.6 Å². The monoisotopic (exact) mass is 479 g/mol. The summed E-state index contributed by atoms with van der Waals surface area (Å²) in [4.78, 5) is 18.3. The fraction of sp³-hybridized carbons (Fsp3) is 0.429. The van der Waals surface area contributed by atoms with E-state index in [2.05, 4.69) is 11.1 Å². The first-order valence-corrected chi connectivity index (χ1v) is 13.3. The van der Waals surface area contributed by atoms with Crippen LogP contribution in [0.2, 0.25) is 0 Å². The van der Waals surface area contributed by atoms with Crippen molar-refractivity contribution in [2.24, 2.45) is 4.99 Å². The van der Waals surface area contributed by atoms with Gasteiger partial charge in [-0.05, 0) is 48.9 Å². The second-order valence-electron chi connectivity index (χ2n) is 7.51. The van der Waals surface area contributed by atoms with Gasteiger partial charge in [-0.2, -0.15) is 9.30 Å². The van der Waals surface area contributed by atoms with Crippen molar-refractivity contribution >= 4 is 48.8 Å². The first-order chi connectivity index (χ1) is 14.9. The van der Waals surface area contributed by atoms with E-state index in [0.29, 0.717) is 30.9 Å². The van der Waals surface area contributed by atoms with Crippen molar-refractivity contribution in [2.75, 3.05) is 20.3 Å². The van der Waals surface area contributed by atoms with Crippen LogP contribution in [0.15, 0.2) is 44.9 Å². The summed E-state index contributed by atoms with van der Waals surface area (Å²) in [6, 6.07) is 8.64. The normalized spacial score (nSPS) is 18.6. The van der Waals surface area contributed by atoms with Gasteiger partial charge in [-0.1, -0.05) is 29.9 Å². The van der Waals surface area contributed by atoms with Gasteiger partial charge < -0.3 is 9.30 Å². The Labute approximate surface area is 189 Å². The summed E-state index contributed by atoms with van der Waals surface area (Å²) >= 11 is 2.61. The SMILES string of the molecule is COCCn1c(=NC(=O)C2CCCCN2S(=O)(=O)c2cccs2)sc2cc(C)ccc21. The van der Waals surface area contributed by atoms with Gasteiger partial charge in [0.25, 0.3) is 15.9 Å². The Bertz CT molecular complexity index is 1240. The van der Waals surface area contributed by atoms with Crippen LogP contribution >= 0.6 is 22.7 Å². The van der Waals surface area contributed by atoms with Gasteiger partial charge in [-0.15, -0.1) is 11.3 Å². The highest BCUT2D eigenvalue weighted by molar-refractivity contribution is 7.91. The van der Waals surface area contributed by atoms with Crippen LogP contribution in [-0.2, 0) is 26.1 Å². The lowest BCUT2D eigenvalue weighted by molar-refractivity contribution is -0.122. The number of aromatic nitrogens is 1. The van der Waals surface area contributed by atoms with Crippen molar-refractivity contribution in [1.29, 1.82) is 0 Å². The number of benzene rings is 1. The van der Waals surface area contributed by atoms with Crippen molar-refractivity contribution in [1.82, 2.24) is 8.87 Å². The summed E-state index contributed by atoms with van der Waals surface area (Å²) in [6.07, 6.45) is 2.02. The number of fused-ring (bicyclic) bond motifs is 1. The highest BCUT2D eigenvalue weighted by Crippen LogP contribution is 2.28. The number of amides is 1. The van der Waals surface area contributed by atoms with Crippen LogP contribution < -0.4 is 4.80 Å². The lowest BCUT2D eigenvalue weighted by atomic mass is 10.0. The van der Waals surface area contributed by atoms with E-state index in [1.165, 1.54) is 27.0 Å². The largest absolute Gasteiger partial charge is 0.383 e. The molecule has 0 N–H and O–H groups in total. The average molecular weight is 480 g/mol. The fourth-order valence-electron chi connectivity index (χ4n) is 3.80. The van der Waals surface area contributed by atoms with Gasteiger partial charge >= 0.3 is 0 Å². The van der Waals surface area contributed by atoms with Crippen LogP contribution in [0.5, 0.6) is 0 Å². The molecule has 1 saturated heterocycles. The number of rotatable bonds is 6. The molecule has 0 saturated carbocycles. The Balaban J connectivity index is 1.74. The molecule has 1 fully saturated rings. The van der Waals surface area contributed by atoms with E-state index in [1.807, 2.05) is 23.6 Å². The number of nitrogens with zero attached hydrogens (tertiary/aromatic N) is 3. The molecule has 7 nitrogen and oxygen atoms in total. The second-order valence-corrected chi connectivity index (χ2v) is 11.6. The maximum Gasteiger partial charge on any atom is 0.266 e. The number of hydrogen-bond acceptors (Lipinski definition) is 6. The van der Waals surface area contributed by atoms with Crippen LogP contribution in [0.25, 0.3) is 10.2 Å². The Morgan fingerprint density at radius 2 is 2.13 bits per heavy atom. The van der Waals surface area contributed by atoms with Crippen molar-refractivity contribution in [2.45, 2.75) is 43.0 Å².